The lowest BCUT2D eigenvalue weighted by Gasteiger charge is -2.17. The first-order valence-corrected chi connectivity index (χ1v) is 7.01. The molecular formula is C15H15BrN2O2. The maximum absolute atomic E-state index is 12.0. The molecule has 0 N–H and O–H groups in total. The molecule has 0 spiro atoms. The molecule has 1 amide bonds. The van der Waals surface area contributed by atoms with Crippen molar-refractivity contribution >= 4 is 21.8 Å². The number of aromatic nitrogens is 1. The SMILES string of the molecule is CN(CCOc1ccc(Br)cc1)C(=O)c1ccccn1. The van der Waals surface area contributed by atoms with Crippen LogP contribution in [0.2, 0.25) is 0 Å². The Labute approximate surface area is 126 Å². The molecule has 0 aliphatic heterocycles. The van der Waals surface area contributed by atoms with E-state index in [1.807, 2.05) is 24.3 Å². The number of ether oxygens (including phenoxy) is 1. The number of hydrogen-bond donors (Lipinski definition) is 0. The molecule has 20 heavy (non-hydrogen) atoms. The summed E-state index contributed by atoms with van der Waals surface area (Å²) in [7, 11) is 1.74. The smallest absolute Gasteiger partial charge is 0.272 e. The van der Waals surface area contributed by atoms with Gasteiger partial charge < -0.3 is 9.64 Å². The Kier molecular flexibility index (Phi) is 5.12. The predicted octanol–water partition coefficient (Wildman–Crippen LogP) is 3.00. The van der Waals surface area contributed by atoms with E-state index in [0.29, 0.717) is 18.8 Å². The van der Waals surface area contributed by atoms with Gasteiger partial charge >= 0.3 is 0 Å². The molecule has 0 unspecified atom stereocenters. The van der Waals surface area contributed by atoms with Crippen LogP contribution in [0.3, 0.4) is 0 Å². The number of pyridine rings is 1. The van der Waals surface area contributed by atoms with Gasteiger partial charge in [-0.15, -0.1) is 0 Å². The molecule has 0 aliphatic carbocycles. The lowest BCUT2D eigenvalue weighted by atomic mass is 10.3. The monoisotopic (exact) mass is 334 g/mol. The fraction of sp³-hybridized carbons (Fsp3) is 0.200. The number of benzene rings is 1. The van der Waals surface area contributed by atoms with Crippen molar-refractivity contribution in [2.24, 2.45) is 0 Å². The van der Waals surface area contributed by atoms with Gasteiger partial charge in [0, 0.05) is 17.7 Å². The van der Waals surface area contributed by atoms with E-state index in [0.717, 1.165) is 10.2 Å². The van der Waals surface area contributed by atoms with Crippen molar-refractivity contribution in [1.29, 1.82) is 0 Å². The molecule has 0 atom stereocenters. The number of nitrogens with zero attached hydrogens (tertiary/aromatic N) is 2. The molecule has 0 fully saturated rings. The van der Waals surface area contributed by atoms with Gasteiger partial charge in [0.25, 0.3) is 5.91 Å². The molecule has 4 nitrogen and oxygen atoms in total. The summed E-state index contributed by atoms with van der Waals surface area (Å²) < 4.78 is 6.59. The first-order valence-electron chi connectivity index (χ1n) is 6.21. The normalized spacial score (nSPS) is 10.1. The van der Waals surface area contributed by atoms with Gasteiger partial charge in [0.05, 0.1) is 6.54 Å². The summed E-state index contributed by atoms with van der Waals surface area (Å²) in [4.78, 5) is 17.7. The van der Waals surface area contributed by atoms with Crippen LogP contribution in [-0.4, -0.2) is 36.0 Å². The van der Waals surface area contributed by atoms with E-state index in [-0.39, 0.29) is 5.91 Å². The molecule has 0 radical (unpaired) electrons. The number of halogens is 1. The van der Waals surface area contributed by atoms with Gasteiger partial charge in [0.15, 0.2) is 0 Å². The number of amides is 1. The Hall–Kier alpha value is -1.88. The summed E-state index contributed by atoms with van der Waals surface area (Å²) in [5, 5.41) is 0. The summed E-state index contributed by atoms with van der Waals surface area (Å²) >= 11 is 3.37. The van der Waals surface area contributed by atoms with Crippen molar-refractivity contribution < 1.29 is 9.53 Å². The summed E-state index contributed by atoms with van der Waals surface area (Å²) in [6, 6.07) is 12.9. The third-order valence-electron chi connectivity index (χ3n) is 2.74. The summed E-state index contributed by atoms with van der Waals surface area (Å²) in [5.74, 6) is 0.678. The van der Waals surface area contributed by atoms with Crippen molar-refractivity contribution in [2.45, 2.75) is 0 Å². The van der Waals surface area contributed by atoms with Crippen LogP contribution in [0.4, 0.5) is 0 Å². The van der Waals surface area contributed by atoms with E-state index in [1.165, 1.54) is 0 Å². The second kappa shape index (κ2) is 7.05. The van der Waals surface area contributed by atoms with Crippen molar-refractivity contribution in [3.05, 3.63) is 58.8 Å². The minimum Gasteiger partial charge on any atom is -0.492 e. The van der Waals surface area contributed by atoms with Crippen LogP contribution in [0.25, 0.3) is 0 Å². The van der Waals surface area contributed by atoms with Crippen LogP contribution in [-0.2, 0) is 0 Å². The van der Waals surface area contributed by atoms with Crippen molar-refractivity contribution in [1.82, 2.24) is 9.88 Å². The Morgan fingerprint density at radius 3 is 2.65 bits per heavy atom. The Balaban J connectivity index is 1.82. The molecule has 1 aromatic heterocycles. The standard InChI is InChI=1S/C15H15BrN2O2/c1-18(15(19)14-4-2-3-9-17-14)10-11-20-13-7-5-12(16)6-8-13/h2-9H,10-11H2,1H3. The largest absolute Gasteiger partial charge is 0.492 e. The van der Waals surface area contributed by atoms with E-state index in [1.54, 1.807) is 36.3 Å². The Bertz CT molecular complexity index is 558. The Morgan fingerprint density at radius 1 is 1.25 bits per heavy atom. The van der Waals surface area contributed by atoms with E-state index in [9.17, 15) is 4.79 Å². The second-order valence-electron chi connectivity index (χ2n) is 4.24. The molecule has 5 heteroatoms. The molecular weight excluding hydrogens is 320 g/mol. The van der Waals surface area contributed by atoms with Gasteiger partial charge in [-0.25, -0.2) is 0 Å². The molecule has 1 heterocycles. The fourth-order valence-electron chi connectivity index (χ4n) is 1.62. The highest BCUT2D eigenvalue weighted by Crippen LogP contribution is 2.15. The number of likely N-dealkylation sites (N-methyl/N-ethyl adjacent to an activating group) is 1. The van der Waals surface area contributed by atoms with Crippen LogP contribution in [0.5, 0.6) is 5.75 Å². The zero-order chi connectivity index (χ0) is 14.4. The highest BCUT2D eigenvalue weighted by molar-refractivity contribution is 9.10. The van der Waals surface area contributed by atoms with Gasteiger partial charge in [-0.05, 0) is 36.4 Å². The van der Waals surface area contributed by atoms with E-state index >= 15 is 0 Å². The molecule has 1 aromatic carbocycles. The maximum Gasteiger partial charge on any atom is 0.272 e. The van der Waals surface area contributed by atoms with Crippen LogP contribution >= 0.6 is 15.9 Å². The summed E-state index contributed by atoms with van der Waals surface area (Å²) in [6.45, 7) is 0.947. The molecule has 2 rings (SSSR count). The highest BCUT2D eigenvalue weighted by Gasteiger charge is 2.12. The summed E-state index contributed by atoms with van der Waals surface area (Å²) in [5.41, 5.74) is 0.443. The van der Waals surface area contributed by atoms with E-state index < -0.39 is 0 Å². The van der Waals surface area contributed by atoms with Crippen LogP contribution < -0.4 is 4.74 Å². The third-order valence-corrected chi connectivity index (χ3v) is 3.27. The quantitative estimate of drug-likeness (QED) is 0.844. The number of rotatable bonds is 5. The minimum absolute atomic E-state index is 0.106. The van der Waals surface area contributed by atoms with Crippen LogP contribution in [0.15, 0.2) is 53.1 Å². The average Bonchev–Trinajstić information content (AvgIpc) is 2.49. The maximum atomic E-state index is 12.0. The second-order valence-corrected chi connectivity index (χ2v) is 5.16. The van der Waals surface area contributed by atoms with Crippen LogP contribution in [0.1, 0.15) is 10.5 Å². The lowest BCUT2D eigenvalue weighted by molar-refractivity contribution is 0.0768. The zero-order valence-electron chi connectivity index (χ0n) is 11.1. The molecule has 0 saturated heterocycles. The van der Waals surface area contributed by atoms with E-state index in [2.05, 4.69) is 20.9 Å². The predicted molar refractivity (Wildman–Crippen MR) is 80.8 cm³/mol. The van der Waals surface area contributed by atoms with Gasteiger partial charge in [-0.3, -0.25) is 9.78 Å². The average molecular weight is 335 g/mol. The Morgan fingerprint density at radius 2 is 2.00 bits per heavy atom. The first-order chi connectivity index (χ1) is 9.66. The van der Waals surface area contributed by atoms with Gasteiger partial charge in [0.1, 0.15) is 18.1 Å². The van der Waals surface area contributed by atoms with Crippen molar-refractivity contribution in [3.63, 3.8) is 0 Å². The van der Waals surface area contributed by atoms with Gasteiger partial charge in [-0.2, -0.15) is 0 Å². The number of carbonyl (C=O) groups is 1. The van der Waals surface area contributed by atoms with Gasteiger partial charge in [-0.1, -0.05) is 22.0 Å². The summed E-state index contributed by atoms with van der Waals surface area (Å²) in [6.07, 6.45) is 1.61. The van der Waals surface area contributed by atoms with Crippen molar-refractivity contribution in [2.75, 3.05) is 20.2 Å². The molecule has 0 bridgehead atoms. The fourth-order valence-corrected chi connectivity index (χ4v) is 1.88. The third kappa shape index (κ3) is 4.06. The first kappa shape index (κ1) is 14.5. The van der Waals surface area contributed by atoms with E-state index in [4.69, 9.17) is 4.74 Å². The molecule has 2 aromatic rings. The highest BCUT2D eigenvalue weighted by atomic mass is 79.9. The zero-order valence-corrected chi connectivity index (χ0v) is 12.7. The van der Waals surface area contributed by atoms with Crippen molar-refractivity contribution in [3.8, 4) is 5.75 Å². The lowest BCUT2D eigenvalue weighted by Crippen LogP contribution is -2.31. The number of carbonyl (C=O) groups excluding carboxylic acids is 1. The topological polar surface area (TPSA) is 42.4 Å². The molecule has 0 saturated carbocycles. The van der Waals surface area contributed by atoms with Crippen LogP contribution in [0, 0.1) is 0 Å². The number of hydrogen-bond acceptors (Lipinski definition) is 3. The minimum atomic E-state index is -0.106. The molecule has 104 valence electrons. The van der Waals surface area contributed by atoms with Gasteiger partial charge in [0.2, 0.25) is 0 Å². The molecule has 0 aliphatic rings.